The molecule has 2 aromatic carbocycles. The Kier molecular flexibility index (Phi) is 6.43. The van der Waals surface area contributed by atoms with Crippen molar-refractivity contribution in [3.63, 3.8) is 0 Å². The van der Waals surface area contributed by atoms with E-state index in [1.807, 2.05) is 42.5 Å². The van der Waals surface area contributed by atoms with Crippen LogP contribution in [0.15, 0.2) is 48.5 Å². The third kappa shape index (κ3) is 4.87. The molecule has 1 aliphatic heterocycles. The quantitative estimate of drug-likeness (QED) is 0.772. The molecule has 2 fully saturated rings. The Morgan fingerprint density at radius 3 is 2.27 bits per heavy atom. The average Bonchev–Trinajstić information content (AvgIpc) is 3.29. The summed E-state index contributed by atoms with van der Waals surface area (Å²) in [6, 6.07) is 14.4. The molecule has 158 valence electrons. The number of benzene rings is 2. The molecule has 0 atom stereocenters. The first-order valence-electron chi connectivity index (χ1n) is 10.5. The van der Waals surface area contributed by atoms with E-state index in [-0.39, 0.29) is 18.0 Å². The van der Waals surface area contributed by atoms with Gasteiger partial charge in [-0.15, -0.1) is 0 Å². The minimum absolute atomic E-state index is 0.000270. The van der Waals surface area contributed by atoms with Crippen LogP contribution in [0.1, 0.15) is 36.0 Å². The maximum absolute atomic E-state index is 12.6. The van der Waals surface area contributed by atoms with Crippen LogP contribution in [-0.4, -0.2) is 54.0 Å². The fourth-order valence-electron chi connectivity index (χ4n) is 3.94. The van der Waals surface area contributed by atoms with E-state index in [1.54, 1.807) is 15.9 Å². The monoisotopic (exact) mass is 427 g/mol. The van der Waals surface area contributed by atoms with Gasteiger partial charge in [-0.05, 0) is 56.0 Å². The number of halogens is 1. The van der Waals surface area contributed by atoms with Gasteiger partial charge in [0, 0.05) is 37.4 Å². The van der Waals surface area contributed by atoms with Gasteiger partial charge in [-0.1, -0.05) is 29.8 Å². The molecule has 0 radical (unpaired) electrons. The number of nitrogens with zero attached hydrogens (tertiary/aromatic N) is 2. The standard InChI is InChI=1S/C23H26ClN3O3/c24-20-16-18(10-11-21(20)30-19-8-4-5-9-19)25-23(29)27-14-12-26(13-15-27)22(28)17-6-2-1-3-7-17/h1-3,6-7,10-11,16,19H,4-5,8-9,12-15H2,(H,25,29). The van der Waals surface area contributed by atoms with E-state index in [0.29, 0.717) is 48.2 Å². The van der Waals surface area contributed by atoms with E-state index >= 15 is 0 Å². The highest BCUT2D eigenvalue weighted by molar-refractivity contribution is 6.32. The minimum atomic E-state index is -0.192. The molecule has 1 aliphatic carbocycles. The van der Waals surface area contributed by atoms with Gasteiger partial charge in [-0.25, -0.2) is 4.79 Å². The van der Waals surface area contributed by atoms with Crippen molar-refractivity contribution in [1.29, 1.82) is 0 Å². The molecule has 1 heterocycles. The van der Waals surface area contributed by atoms with Gasteiger partial charge in [0.2, 0.25) is 0 Å². The molecule has 2 aliphatic rings. The van der Waals surface area contributed by atoms with E-state index in [1.165, 1.54) is 12.8 Å². The molecule has 30 heavy (non-hydrogen) atoms. The van der Waals surface area contributed by atoms with E-state index in [9.17, 15) is 9.59 Å². The number of hydrogen-bond acceptors (Lipinski definition) is 3. The first-order chi connectivity index (χ1) is 14.6. The van der Waals surface area contributed by atoms with Crippen LogP contribution in [0, 0.1) is 0 Å². The van der Waals surface area contributed by atoms with Crippen molar-refractivity contribution in [2.75, 3.05) is 31.5 Å². The van der Waals surface area contributed by atoms with Crippen LogP contribution >= 0.6 is 11.6 Å². The second-order valence-electron chi connectivity index (χ2n) is 7.74. The second kappa shape index (κ2) is 9.39. The van der Waals surface area contributed by atoms with Crippen LogP contribution < -0.4 is 10.1 Å². The number of piperazine rings is 1. The predicted octanol–water partition coefficient (Wildman–Crippen LogP) is 4.65. The second-order valence-corrected chi connectivity index (χ2v) is 8.15. The minimum Gasteiger partial charge on any atom is -0.489 e. The van der Waals surface area contributed by atoms with Crippen molar-refractivity contribution in [1.82, 2.24) is 9.80 Å². The number of hydrogen-bond donors (Lipinski definition) is 1. The number of nitrogens with one attached hydrogen (secondary N) is 1. The summed E-state index contributed by atoms with van der Waals surface area (Å²) in [4.78, 5) is 28.7. The van der Waals surface area contributed by atoms with Gasteiger partial charge in [-0.2, -0.15) is 0 Å². The van der Waals surface area contributed by atoms with Gasteiger partial charge < -0.3 is 19.9 Å². The Labute approximate surface area is 181 Å². The van der Waals surface area contributed by atoms with Crippen molar-refractivity contribution in [3.05, 3.63) is 59.1 Å². The smallest absolute Gasteiger partial charge is 0.321 e. The van der Waals surface area contributed by atoms with Crippen molar-refractivity contribution in [3.8, 4) is 5.75 Å². The Balaban J connectivity index is 1.29. The summed E-state index contributed by atoms with van der Waals surface area (Å²) in [7, 11) is 0. The summed E-state index contributed by atoms with van der Waals surface area (Å²) in [5.41, 5.74) is 1.30. The normalized spacial score (nSPS) is 17.1. The van der Waals surface area contributed by atoms with Gasteiger partial charge in [0.1, 0.15) is 5.75 Å². The maximum atomic E-state index is 12.6. The molecular formula is C23H26ClN3O3. The van der Waals surface area contributed by atoms with Crippen LogP contribution in [0.3, 0.4) is 0 Å². The number of carbonyl (C=O) groups excluding carboxylic acids is 2. The lowest BCUT2D eigenvalue weighted by molar-refractivity contribution is 0.0671. The Hall–Kier alpha value is -2.73. The first-order valence-corrected chi connectivity index (χ1v) is 10.8. The van der Waals surface area contributed by atoms with E-state index in [4.69, 9.17) is 16.3 Å². The Morgan fingerprint density at radius 1 is 0.933 bits per heavy atom. The lowest BCUT2D eigenvalue weighted by Crippen LogP contribution is -2.51. The largest absolute Gasteiger partial charge is 0.489 e. The van der Waals surface area contributed by atoms with Gasteiger partial charge in [0.15, 0.2) is 0 Å². The summed E-state index contributed by atoms with van der Waals surface area (Å²) >= 11 is 6.36. The molecular weight excluding hydrogens is 402 g/mol. The fraction of sp³-hybridized carbons (Fsp3) is 0.391. The third-order valence-electron chi connectivity index (χ3n) is 5.65. The predicted molar refractivity (Wildman–Crippen MR) is 117 cm³/mol. The van der Waals surface area contributed by atoms with Crippen LogP contribution in [-0.2, 0) is 0 Å². The molecule has 1 saturated carbocycles. The number of urea groups is 1. The number of ether oxygens (including phenoxy) is 1. The van der Waals surface area contributed by atoms with Gasteiger partial charge in [0.25, 0.3) is 5.91 Å². The molecule has 0 unspecified atom stereocenters. The number of rotatable bonds is 4. The zero-order valence-corrected chi connectivity index (χ0v) is 17.6. The van der Waals surface area contributed by atoms with Crippen molar-refractivity contribution in [2.45, 2.75) is 31.8 Å². The summed E-state index contributed by atoms with van der Waals surface area (Å²) < 4.78 is 5.96. The summed E-state index contributed by atoms with van der Waals surface area (Å²) in [5, 5.41) is 3.39. The average molecular weight is 428 g/mol. The SMILES string of the molecule is O=C(Nc1ccc(OC2CCCC2)c(Cl)c1)N1CCN(C(=O)c2ccccc2)CC1. The maximum Gasteiger partial charge on any atom is 0.321 e. The van der Waals surface area contributed by atoms with Gasteiger partial charge >= 0.3 is 6.03 Å². The van der Waals surface area contributed by atoms with Crippen LogP contribution in [0.2, 0.25) is 5.02 Å². The molecule has 0 spiro atoms. The molecule has 1 N–H and O–H groups in total. The molecule has 1 saturated heterocycles. The van der Waals surface area contributed by atoms with Crippen LogP contribution in [0.4, 0.5) is 10.5 Å². The summed E-state index contributed by atoms with van der Waals surface area (Å²) in [5.74, 6) is 0.662. The lowest BCUT2D eigenvalue weighted by atomic mass is 10.2. The van der Waals surface area contributed by atoms with Crippen LogP contribution in [0.25, 0.3) is 0 Å². The highest BCUT2D eigenvalue weighted by Gasteiger charge is 2.25. The summed E-state index contributed by atoms with van der Waals surface area (Å²) in [6.07, 6.45) is 4.75. The molecule has 2 aromatic rings. The third-order valence-corrected chi connectivity index (χ3v) is 5.95. The summed E-state index contributed by atoms with van der Waals surface area (Å²) in [6.45, 7) is 1.99. The van der Waals surface area contributed by atoms with Crippen molar-refractivity contribution >= 4 is 29.2 Å². The zero-order valence-electron chi connectivity index (χ0n) is 16.9. The number of carbonyl (C=O) groups is 2. The molecule has 4 rings (SSSR count). The van der Waals surface area contributed by atoms with Crippen LogP contribution in [0.5, 0.6) is 5.75 Å². The van der Waals surface area contributed by atoms with E-state index < -0.39 is 0 Å². The Bertz CT molecular complexity index is 892. The molecule has 0 bridgehead atoms. The molecule has 6 nitrogen and oxygen atoms in total. The topological polar surface area (TPSA) is 61.9 Å². The van der Waals surface area contributed by atoms with Crippen molar-refractivity contribution < 1.29 is 14.3 Å². The lowest BCUT2D eigenvalue weighted by Gasteiger charge is -2.34. The fourth-order valence-corrected chi connectivity index (χ4v) is 4.16. The zero-order chi connectivity index (χ0) is 20.9. The van der Waals surface area contributed by atoms with Gasteiger partial charge in [-0.3, -0.25) is 4.79 Å². The van der Waals surface area contributed by atoms with E-state index in [2.05, 4.69) is 5.32 Å². The Morgan fingerprint density at radius 2 is 1.60 bits per heavy atom. The molecule has 3 amide bonds. The highest BCUT2D eigenvalue weighted by Crippen LogP contribution is 2.31. The van der Waals surface area contributed by atoms with Crippen molar-refractivity contribution in [2.24, 2.45) is 0 Å². The van der Waals surface area contributed by atoms with E-state index in [0.717, 1.165) is 12.8 Å². The molecule has 0 aromatic heterocycles. The number of anilines is 1. The first kappa shape index (κ1) is 20.5. The van der Waals surface area contributed by atoms with Gasteiger partial charge in [0.05, 0.1) is 11.1 Å². The molecule has 7 heteroatoms. The number of amides is 3. The highest BCUT2D eigenvalue weighted by atomic mass is 35.5.